The first-order chi connectivity index (χ1) is 10.8. The first-order valence-electron chi connectivity index (χ1n) is 7.10. The normalized spacial score (nSPS) is 20.6. The first kappa shape index (κ1) is 17.0. The minimum atomic E-state index is -2.55. The highest BCUT2D eigenvalue weighted by Crippen LogP contribution is 2.30. The van der Waals surface area contributed by atoms with Crippen LogP contribution in [0.4, 0.5) is 19.3 Å². The lowest BCUT2D eigenvalue weighted by molar-refractivity contribution is -0.146. The molecule has 1 atom stereocenters. The molecule has 1 unspecified atom stereocenters. The van der Waals surface area contributed by atoms with Crippen LogP contribution in [0.1, 0.15) is 13.3 Å². The zero-order chi connectivity index (χ0) is 17.0. The van der Waals surface area contributed by atoms with Crippen LogP contribution in [0.25, 0.3) is 0 Å². The summed E-state index contributed by atoms with van der Waals surface area (Å²) in [7, 11) is 0. The number of carbonyl (C=O) groups excluding carboxylic acids is 1. The lowest BCUT2D eigenvalue weighted by Crippen LogP contribution is -2.37. The van der Waals surface area contributed by atoms with Gasteiger partial charge < -0.3 is 20.1 Å². The Bertz CT molecular complexity index is 579. The van der Waals surface area contributed by atoms with Crippen LogP contribution in [-0.4, -0.2) is 48.1 Å². The SMILES string of the molecule is CC1(C(=O)O)CCN(C(=O)Nc2ccc(OCC(F)F)cc2)C1. The van der Waals surface area contributed by atoms with Gasteiger partial charge in [-0.05, 0) is 37.6 Å². The van der Waals surface area contributed by atoms with Gasteiger partial charge in [0.15, 0.2) is 0 Å². The number of aliphatic carboxylic acids is 1. The van der Waals surface area contributed by atoms with Gasteiger partial charge in [0, 0.05) is 18.8 Å². The van der Waals surface area contributed by atoms with Gasteiger partial charge in [-0.15, -0.1) is 0 Å². The number of hydrogen-bond donors (Lipinski definition) is 2. The summed E-state index contributed by atoms with van der Waals surface area (Å²) in [6.07, 6.45) is -2.15. The first-order valence-corrected chi connectivity index (χ1v) is 7.10. The van der Waals surface area contributed by atoms with Crippen molar-refractivity contribution in [2.45, 2.75) is 19.8 Å². The summed E-state index contributed by atoms with van der Waals surface area (Å²) < 4.78 is 28.9. The number of urea groups is 1. The minimum absolute atomic E-state index is 0.143. The topological polar surface area (TPSA) is 78.9 Å². The second-order valence-electron chi connectivity index (χ2n) is 5.69. The molecule has 0 aliphatic carbocycles. The number of nitrogens with zero attached hydrogens (tertiary/aromatic N) is 1. The number of hydrogen-bond acceptors (Lipinski definition) is 3. The van der Waals surface area contributed by atoms with Gasteiger partial charge in [0.2, 0.25) is 0 Å². The molecule has 0 saturated carbocycles. The third kappa shape index (κ3) is 4.30. The molecular weight excluding hydrogens is 310 g/mol. The number of likely N-dealkylation sites (tertiary alicyclic amines) is 1. The molecule has 2 rings (SSSR count). The van der Waals surface area contributed by atoms with Gasteiger partial charge >= 0.3 is 12.0 Å². The Kier molecular flexibility index (Phi) is 5.02. The maximum atomic E-state index is 12.1. The molecule has 126 valence electrons. The van der Waals surface area contributed by atoms with Crippen molar-refractivity contribution in [3.05, 3.63) is 24.3 Å². The maximum Gasteiger partial charge on any atom is 0.321 e. The van der Waals surface area contributed by atoms with Crippen molar-refractivity contribution in [3.8, 4) is 5.75 Å². The van der Waals surface area contributed by atoms with Crippen molar-refractivity contribution in [2.75, 3.05) is 25.0 Å². The number of alkyl halides is 2. The Morgan fingerprint density at radius 3 is 2.57 bits per heavy atom. The monoisotopic (exact) mass is 328 g/mol. The van der Waals surface area contributed by atoms with E-state index in [1.165, 1.54) is 29.2 Å². The summed E-state index contributed by atoms with van der Waals surface area (Å²) in [5.74, 6) is -0.642. The zero-order valence-corrected chi connectivity index (χ0v) is 12.6. The highest BCUT2D eigenvalue weighted by molar-refractivity contribution is 5.90. The van der Waals surface area contributed by atoms with Crippen LogP contribution in [0.5, 0.6) is 5.75 Å². The number of rotatable bonds is 5. The fourth-order valence-corrected chi connectivity index (χ4v) is 2.31. The molecule has 0 spiro atoms. The van der Waals surface area contributed by atoms with E-state index in [9.17, 15) is 18.4 Å². The second kappa shape index (κ2) is 6.80. The van der Waals surface area contributed by atoms with Crippen LogP contribution in [0.2, 0.25) is 0 Å². The van der Waals surface area contributed by atoms with Gasteiger partial charge in [-0.25, -0.2) is 13.6 Å². The van der Waals surface area contributed by atoms with E-state index in [-0.39, 0.29) is 12.3 Å². The van der Waals surface area contributed by atoms with Crippen molar-refractivity contribution in [1.82, 2.24) is 4.90 Å². The van der Waals surface area contributed by atoms with Crippen LogP contribution in [0.3, 0.4) is 0 Å². The molecule has 2 N–H and O–H groups in total. The zero-order valence-electron chi connectivity index (χ0n) is 12.6. The van der Waals surface area contributed by atoms with Gasteiger partial charge in [-0.2, -0.15) is 0 Å². The standard InChI is InChI=1S/C15H18F2N2O4/c1-15(13(20)21)6-7-19(9-15)14(22)18-10-2-4-11(5-3-10)23-8-12(16)17/h2-5,12H,6-9H2,1H3,(H,18,22)(H,20,21). The smallest absolute Gasteiger partial charge is 0.321 e. The highest BCUT2D eigenvalue weighted by Gasteiger charge is 2.42. The molecule has 1 aliphatic rings. The third-order valence-electron chi connectivity index (χ3n) is 3.76. The summed E-state index contributed by atoms with van der Waals surface area (Å²) in [5, 5.41) is 11.8. The summed E-state index contributed by atoms with van der Waals surface area (Å²) in [5.41, 5.74) is -0.451. The number of halogens is 2. The number of nitrogens with one attached hydrogen (secondary N) is 1. The van der Waals surface area contributed by atoms with Crippen LogP contribution in [0, 0.1) is 5.41 Å². The molecule has 1 heterocycles. The number of carboxylic acid groups (broad SMARTS) is 1. The predicted octanol–water partition coefficient (Wildman–Crippen LogP) is 2.66. The quantitative estimate of drug-likeness (QED) is 0.871. The third-order valence-corrected chi connectivity index (χ3v) is 3.76. The number of anilines is 1. The van der Waals surface area contributed by atoms with Crippen LogP contribution < -0.4 is 10.1 Å². The second-order valence-corrected chi connectivity index (χ2v) is 5.69. The van der Waals surface area contributed by atoms with E-state index >= 15 is 0 Å². The average molecular weight is 328 g/mol. The molecule has 1 aliphatic heterocycles. The summed E-state index contributed by atoms with van der Waals surface area (Å²) in [6.45, 7) is 1.43. The van der Waals surface area contributed by atoms with Crippen molar-refractivity contribution in [1.29, 1.82) is 0 Å². The molecule has 8 heteroatoms. The van der Waals surface area contributed by atoms with Crippen LogP contribution >= 0.6 is 0 Å². The molecule has 1 saturated heterocycles. The molecule has 1 aromatic rings. The van der Waals surface area contributed by atoms with Crippen molar-refractivity contribution in [2.24, 2.45) is 5.41 Å². The Hall–Kier alpha value is -2.38. The molecule has 1 aromatic carbocycles. The van der Waals surface area contributed by atoms with Gasteiger partial charge in [-0.3, -0.25) is 4.79 Å². The predicted molar refractivity (Wildman–Crippen MR) is 78.9 cm³/mol. The number of ether oxygens (including phenoxy) is 1. The Labute approximate surface area is 132 Å². The van der Waals surface area contributed by atoms with E-state index < -0.39 is 30.4 Å². The van der Waals surface area contributed by atoms with E-state index in [4.69, 9.17) is 9.84 Å². The Morgan fingerprint density at radius 1 is 1.39 bits per heavy atom. The molecule has 0 bridgehead atoms. The molecule has 2 amide bonds. The minimum Gasteiger partial charge on any atom is -0.488 e. The molecule has 6 nitrogen and oxygen atoms in total. The number of carbonyl (C=O) groups is 2. The van der Waals surface area contributed by atoms with E-state index in [0.717, 1.165) is 0 Å². The van der Waals surface area contributed by atoms with Crippen molar-refractivity contribution in [3.63, 3.8) is 0 Å². The van der Waals surface area contributed by atoms with E-state index in [1.54, 1.807) is 6.92 Å². The van der Waals surface area contributed by atoms with E-state index in [0.29, 0.717) is 18.7 Å². The van der Waals surface area contributed by atoms with E-state index in [1.807, 2.05) is 0 Å². The number of carboxylic acids is 1. The van der Waals surface area contributed by atoms with E-state index in [2.05, 4.69) is 5.32 Å². The Balaban J connectivity index is 1.90. The fraction of sp³-hybridized carbons (Fsp3) is 0.467. The molecule has 23 heavy (non-hydrogen) atoms. The summed E-state index contributed by atoms with van der Waals surface area (Å²) in [4.78, 5) is 24.7. The molecule has 1 fully saturated rings. The van der Waals surface area contributed by atoms with Crippen molar-refractivity contribution >= 4 is 17.7 Å². The lowest BCUT2D eigenvalue weighted by atomic mass is 9.90. The molecule has 0 radical (unpaired) electrons. The highest BCUT2D eigenvalue weighted by atomic mass is 19.3. The van der Waals surface area contributed by atoms with Gasteiger partial charge in [0.25, 0.3) is 6.43 Å². The van der Waals surface area contributed by atoms with Gasteiger partial charge in [0.1, 0.15) is 12.4 Å². The molecule has 0 aromatic heterocycles. The maximum absolute atomic E-state index is 12.1. The van der Waals surface area contributed by atoms with Crippen molar-refractivity contribution < 1.29 is 28.2 Å². The van der Waals surface area contributed by atoms with Crippen LogP contribution in [0.15, 0.2) is 24.3 Å². The average Bonchev–Trinajstić information content (AvgIpc) is 2.90. The number of amides is 2. The summed E-state index contributed by atoms with van der Waals surface area (Å²) >= 11 is 0. The lowest BCUT2D eigenvalue weighted by Gasteiger charge is -2.20. The Morgan fingerprint density at radius 2 is 2.04 bits per heavy atom. The fourth-order valence-electron chi connectivity index (χ4n) is 2.31. The number of benzene rings is 1. The van der Waals surface area contributed by atoms with Crippen LogP contribution in [-0.2, 0) is 4.79 Å². The largest absolute Gasteiger partial charge is 0.488 e. The van der Waals surface area contributed by atoms with Gasteiger partial charge in [0.05, 0.1) is 5.41 Å². The summed E-state index contributed by atoms with van der Waals surface area (Å²) in [6, 6.07) is 5.62. The van der Waals surface area contributed by atoms with Gasteiger partial charge in [-0.1, -0.05) is 0 Å². The molecular formula is C15H18F2N2O4.